The van der Waals surface area contributed by atoms with Gasteiger partial charge in [-0.3, -0.25) is 4.79 Å². The van der Waals surface area contributed by atoms with E-state index in [4.69, 9.17) is 0 Å². The second-order valence-corrected chi connectivity index (χ2v) is 4.93. The zero-order valence-corrected chi connectivity index (χ0v) is 11.8. The zero-order chi connectivity index (χ0) is 14.4. The van der Waals surface area contributed by atoms with Gasteiger partial charge in [0, 0.05) is 17.3 Å². The maximum Gasteiger partial charge on any atom is 0.188 e. The van der Waals surface area contributed by atoms with Crippen molar-refractivity contribution in [3.05, 3.63) is 77.1 Å². The molecule has 0 aliphatic carbocycles. The van der Waals surface area contributed by atoms with Gasteiger partial charge in [0.15, 0.2) is 5.78 Å². The molecular formula is C16H14FNOS. The van der Waals surface area contributed by atoms with E-state index in [1.807, 2.05) is 24.5 Å². The first-order valence-electron chi connectivity index (χ1n) is 6.06. The van der Waals surface area contributed by atoms with Crippen LogP contribution in [0, 0.1) is 5.82 Å². The van der Waals surface area contributed by atoms with Crippen molar-refractivity contribution >= 4 is 23.2 Å². The number of rotatable bonds is 5. The van der Waals surface area contributed by atoms with Crippen LogP contribution in [-0.4, -0.2) is 12.0 Å². The third kappa shape index (κ3) is 3.96. The highest BCUT2D eigenvalue weighted by Gasteiger charge is 2.05. The van der Waals surface area contributed by atoms with E-state index in [1.165, 1.54) is 30.0 Å². The maximum atomic E-state index is 13.1. The number of anilines is 1. The quantitative estimate of drug-likeness (QED) is 0.655. The Balaban J connectivity index is 2.16. The van der Waals surface area contributed by atoms with E-state index in [0.29, 0.717) is 16.3 Å². The lowest BCUT2D eigenvalue weighted by Crippen LogP contribution is -2.01. The number of halogens is 1. The topological polar surface area (TPSA) is 29.1 Å². The van der Waals surface area contributed by atoms with Gasteiger partial charge in [0.25, 0.3) is 0 Å². The Hall–Kier alpha value is -2.07. The van der Waals surface area contributed by atoms with Crippen LogP contribution in [0.5, 0.6) is 0 Å². The molecule has 2 aromatic carbocycles. The Morgan fingerprint density at radius 1 is 1.15 bits per heavy atom. The molecule has 0 bridgehead atoms. The Bertz CT molecular complexity index is 625. The summed E-state index contributed by atoms with van der Waals surface area (Å²) in [6.07, 6.45) is 3.38. The Morgan fingerprint density at radius 3 is 2.55 bits per heavy atom. The van der Waals surface area contributed by atoms with Crippen LogP contribution < -0.4 is 5.32 Å². The predicted octanol–water partition coefficient (Wildman–Crippen LogP) is 4.32. The van der Waals surface area contributed by atoms with Gasteiger partial charge < -0.3 is 5.32 Å². The summed E-state index contributed by atoms with van der Waals surface area (Å²) in [5.74, 6) is -0.399. The number of carbonyl (C=O) groups excluding carboxylic acids is 1. The molecule has 0 fully saturated rings. The van der Waals surface area contributed by atoms with E-state index in [-0.39, 0.29) is 11.6 Å². The van der Waals surface area contributed by atoms with Crippen LogP contribution >= 0.6 is 11.8 Å². The van der Waals surface area contributed by atoms with Gasteiger partial charge in [-0.25, -0.2) is 4.39 Å². The summed E-state index contributed by atoms with van der Waals surface area (Å²) in [5, 5.41) is 3.70. The maximum absolute atomic E-state index is 13.1. The van der Waals surface area contributed by atoms with Crippen molar-refractivity contribution in [2.24, 2.45) is 0 Å². The molecule has 0 radical (unpaired) electrons. The number of carbonyl (C=O) groups is 1. The van der Waals surface area contributed by atoms with E-state index in [9.17, 15) is 9.18 Å². The molecule has 2 rings (SSSR count). The molecule has 0 aliphatic heterocycles. The molecule has 0 aromatic heterocycles. The summed E-state index contributed by atoms with van der Waals surface area (Å²) in [6, 6.07) is 15.2. The first-order chi connectivity index (χ1) is 9.69. The van der Waals surface area contributed by atoms with Gasteiger partial charge in [-0.05, 0) is 24.5 Å². The van der Waals surface area contributed by atoms with Gasteiger partial charge in [0.05, 0.1) is 5.03 Å². The van der Waals surface area contributed by atoms with E-state index in [0.717, 1.165) is 0 Å². The fourth-order valence-electron chi connectivity index (χ4n) is 1.66. The fourth-order valence-corrected chi connectivity index (χ4v) is 2.10. The Kier molecular flexibility index (Phi) is 4.96. The number of thioether (sulfide) groups is 1. The molecule has 20 heavy (non-hydrogen) atoms. The van der Waals surface area contributed by atoms with Crippen LogP contribution in [0.4, 0.5) is 10.1 Å². The van der Waals surface area contributed by atoms with Crippen molar-refractivity contribution < 1.29 is 9.18 Å². The highest BCUT2D eigenvalue weighted by Crippen LogP contribution is 2.18. The van der Waals surface area contributed by atoms with Crippen molar-refractivity contribution in [2.75, 3.05) is 11.6 Å². The number of hydrogen-bond acceptors (Lipinski definition) is 3. The minimum atomic E-state index is -0.315. The molecule has 2 aromatic rings. The SMILES string of the molecule is CS/C(=C\C(=O)c1ccccc1)Nc1cccc(F)c1. The van der Waals surface area contributed by atoms with E-state index >= 15 is 0 Å². The van der Waals surface area contributed by atoms with Crippen molar-refractivity contribution in [1.29, 1.82) is 0 Å². The molecule has 1 N–H and O–H groups in total. The van der Waals surface area contributed by atoms with Gasteiger partial charge in [0.1, 0.15) is 5.82 Å². The van der Waals surface area contributed by atoms with Gasteiger partial charge in [0.2, 0.25) is 0 Å². The third-order valence-corrected chi connectivity index (χ3v) is 3.29. The fraction of sp³-hybridized carbons (Fsp3) is 0.0625. The molecule has 102 valence electrons. The van der Waals surface area contributed by atoms with Crippen molar-refractivity contribution in [3.8, 4) is 0 Å². The molecule has 0 aliphatic rings. The molecule has 0 saturated carbocycles. The largest absolute Gasteiger partial charge is 0.350 e. The van der Waals surface area contributed by atoms with Crippen LogP contribution in [-0.2, 0) is 0 Å². The summed E-state index contributed by atoms with van der Waals surface area (Å²) >= 11 is 1.40. The van der Waals surface area contributed by atoms with Crippen LogP contribution in [0.3, 0.4) is 0 Å². The van der Waals surface area contributed by atoms with Gasteiger partial charge in [-0.15, -0.1) is 11.8 Å². The second kappa shape index (κ2) is 6.91. The highest BCUT2D eigenvalue weighted by molar-refractivity contribution is 8.02. The summed E-state index contributed by atoms with van der Waals surface area (Å²) in [4.78, 5) is 12.1. The van der Waals surface area contributed by atoms with Crippen LogP contribution in [0.1, 0.15) is 10.4 Å². The monoisotopic (exact) mass is 287 g/mol. The van der Waals surface area contributed by atoms with Gasteiger partial charge in [-0.2, -0.15) is 0 Å². The summed E-state index contributed by atoms with van der Waals surface area (Å²) < 4.78 is 13.1. The smallest absolute Gasteiger partial charge is 0.188 e. The summed E-state index contributed by atoms with van der Waals surface area (Å²) in [6.45, 7) is 0. The van der Waals surface area contributed by atoms with Gasteiger partial charge >= 0.3 is 0 Å². The first-order valence-corrected chi connectivity index (χ1v) is 7.29. The van der Waals surface area contributed by atoms with Crippen molar-refractivity contribution in [3.63, 3.8) is 0 Å². The normalized spacial score (nSPS) is 11.2. The first kappa shape index (κ1) is 14.3. The summed E-state index contributed by atoms with van der Waals surface area (Å²) in [5.41, 5.74) is 1.24. The second-order valence-electron chi connectivity index (χ2n) is 4.08. The molecule has 0 saturated heterocycles. The number of ketones is 1. The number of hydrogen-bond donors (Lipinski definition) is 1. The van der Waals surface area contributed by atoms with E-state index in [1.54, 1.807) is 24.3 Å². The molecule has 0 spiro atoms. The minimum Gasteiger partial charge on any atom is -0.350 e. The predicted molar refractivity (Wildman–Crippen MR) is 82.4 cm³/mol. The van der Waals surface area contributed by atoms with Crippen molar-refractivity contribution in [2.45, 2.75) is 0 Å². The average molecular weight is 287 g/mol. The highest BCUT2D eigenvalue weighted by atomic mass is 32.2. The summed E-state index contributed by atoms with van der Waals surface area (Å²) in [7, 11) is 0. The standard InChI is InChI=1S/C16H14FNOS/c1-20-16(18-14-9-5-8-13(17)10-14)11-15(19)12-6-3-2-4-7-12/h2-11,18H,1H3/b16-11-. The number of nitrogens with one attached hydrogen (secondary N) is 1. The Morgan fingerprint density at radius 2 is 1.90 bits per heavy atom. The Labute approximate surface area is 121 Å². The van der Waals surface area contributed by atoms with Crippen LogP contribution in [0.15, 0.2) is 65.7 Å². The molecule has 4 heteroatoms. The lowest BCUT2D eigenvalue weighted by molar-refractivity contribution is 0.104. The molecule has 2 nitrogen and oxygen atoms in total. The molecular weight excluding hydrogens is 273 g/mol. The van der Waals surface area contributed by atoms with Crippen molar-refractivity contribution in [1.82, 2.24) is 0 Å². The minimum absolute atomic E-state index is 0.0844. The lowest BCUT2D eigenvalue weighted by atomic mass is 10.1. The van der Waals surface area contributed by atoms with Crippen LogP contribution in [0.2, 0.25) is 0 Å². The number of benzene rings is 2. The zero-order valence-electron chi connectivity index (χ0n) is 11.0. The molecule has 0 atom stereocenters. The molecule has 0 heterocycles. The third-order valence-electron chi connectivity index (χ3n) is 2.63. The number of allylic oxidation sites excluding steroid dienone is 1. The van der Waals surface area contributed by atoms with Gasteiger partial charge in [-0.1, -0.05) is 36.4 Å². The van der Waals surface area contributed by atoms with E-state index in [2.05, 4.69) is 5.32 Å². The van der Waals surface area contributed by atoms with E-state index < -0.39 is 0 Å². The lowest BCUT2D eigenvalue weighted by Gasteiger charge is -2.08. The molecule has 0 amide bonds. The molecule has 0 unspecified atom stereocenters. The average Bonchev–Trinajstić information content (AvgIpc) is 2.47. The van der Waals surface area contributed by atoms with Crippen LogP contribution in [0.25, 0.3) is 0 Å².